The van der Waals surface area contributed by atoms with Gasteiger partial charge in [0.25, 0.3) is 0 Å². The van der Waals surface area contributed by atoms with E-state index in [1.807, 2.05) is 0 Å². The molecule has 0 radical (unpaired) electrons. The van der Waals surface area contributed by atoms with Crippen LogP contribution in [0.4, 0.5) is 13.2 Å². The van der Waals surface area contributed by atoms with Crippen LogP contribution in [-0.4, -0.2) is 32.5 Å². The summed E-state index contributed by atoms with van der Waals surface area (Å²) < 4.78 is 37.4. The van der Waals surface area contributed by atoms with Crippen LogP contribution in [0.5, 0.6) is 0 Å². The molecule has 2 rings (SSSR count). The molecule has 0 aliphatic carbocycles. The maximum absolute atomic E-state index is 12.0. The number of fused-ring (bicyclic) bond motifs is 1. The lowest BCUT2D eigenvalue weighted by atomic mass is 10.3. The van der Waals surface area contributed by atoms with Gasteiger partial charge < -0.3 is 14.8 Å². The SMILES string of the molecule is O=C(O)c1cn2cc(CNC(=O)C(F)(F)F)ccc2n1. The van der Waals surface area contributed by atoms with Crippen LogP contribution in [0.15, 0.2) is 24.5 Å². The fourth-order valence-corrected chi connectivity index (χ4v) is 1.53. The summed E-state index contributed by atoms with van der Waals surface area (Å²) in [5.41, 5.74) is 0.541. The summed E-state index contributed by atoms with van der Waals surface area (Å²) in [4.78, 5) is 25.2. The van der Waals surface area contributed by atoms with Gasteiger partial charge in [-0.25, -0.2) is 9.78 Å². The van der Waals surface area contributed by atoms with Gasteiger partial charge in [0.05, 0.1) is 0 Å². The van der Waals surface area contributed by atoms with Gasteiger partial charge in [-0.05, 0) is 11.6 Å². The first-order chi connectivity index (χ1) is 9.27. The van der Waals surface area contributed by atoms with Gasteiger partial charge in [0, 0.05) is 18.9 Å². The number of rotatable bonds is 3. The van der Waals surface area contributed by atoms with Crippen LogP contribution < -0.4 is 5.32 Å². The molecule has 6 nitrogen and oxygen atoms in total. The van der Waals surface area contributed by atoms with Crippen LogP contribution in [0.3, 0.4) is 0 Å². The fraction of sp³-hybridized carbons (Fsp3) is 0.182. The molecule has 0 bridgehead atoms. The van der Waals surface area contributed by atoms with E-state index in [1.54, 1.807) is 5.32 Å². The molecular formula is C11H8F3N3O3. The first kappa shape index (κ1) is 13.8. The largest absolute Gasteiger partial charge is 0.476 e. The predicted octanol–water partition coefficient (Wildman–Crippen LogP) is 1.21. The van der Waals surface area contributed by atoms with Crippen LogP contribution in [-0.2, 0) is 11.3 Å². The van der Waals surface area contributed by atoms with Gasteiger partial charge in [0.2, 0.25) is 0 Å². The van der Waals surface area contributed by atoms with Crippen molar-refractivity contribution in [2.24, 2.45) is 0 Å². The van der Waals surface area contributed by atoms with E-state index in [-0.39, 0.29) is 12.2 Å². The molecule has 0 fully saturated rings. The summed E-state index contributed by atoms with van der Waals surface area (Å²) in [7, 11) is 0. The molecule has 2 N–H and O–H groups in total. The van der Waals surface area contributed by atoms with Gasteiger partial charge in [0.1, 0.15) is 5.65 Å². The molecule has 0 spiro atoms. The third-order valence-electron chi connectivity index (χ3n) is 2.44. The number of carboxylic acid groups (broad SMARTS) is 1. The van der Waals surface area contributed by atoms with Gasteiger partial charge >= 0.3 is 18.1 Å². The molecule has 0 saturated carbocycles. The van der Waals surface area contributed by atoms with Crippen LogP contribution in [0.1, 0.15) is 16.1 Å². The monoisotopic (exact) mass is 287 g/mol. The Balaban J connectivity index is 2.16. The van der Waals surface area contributed by atoms with Crippen LogP contribution in [0, 0.1) is 0 Å². The molecule has 20 heavy (non-hydrogen) atoms. The summed E-state index contributed by atoms with van der Waals surface area (Å²) in [6.07, 6.45) is -2.31. The quantitative estimate of drug-likeness (QED) is 0.888. The van der Waals surface area contributed by atoms with Crippen LogP contribution in [0.25, 0.3) is 5.65 Å². The van der Waals surface area contributed by atoms with Gasteiger partial charge in [-0.2, -0.15) is 13.2 Å². The molecule has 0 aliphatic rings. The molecule has 1 amide bonds. The van der Waals surface area contributed by atoms with Crippen LogP contribution >= 0.6 is 0 Å². The first-order valence-electron chi connectivity index (χ1n) is 5.33. The highest BCUT2D eigenvalue weighted by Gasteiger charge is 2.38. The predicted molar refractivity (Wildman–Crippen MR) is 60.1 cm³/mol. The third-order valence-corrected chi connectivity index (χ3v) is 2.44. The average Bonchev–Trinajstić information content (AvgIpc) is 2.77. The molecule has 0 unspecified atom stereocenters. The second-order valence-corrected chi connectivity index (χ2v) is 3.91. The number of carbonyl (C=O) groups excluding carboxylic acids is 1. The van der Waals surface area contributed by atoms with Gasteiger partial charge in [0.15, 0.2) is 5.69 Å². The Kier molecular flexibility index (Phi) is 3.35. The molecule has 106 valence electrons. The van der Waals surface area contributed by atoms with Gasteiger partial charge in [-0.3, -0.25) is 4.79 Å². The minimum atomic E-state index is -4.93. The maximum atomic E-state index is 12.0. The zero-order valence-electron chi connectivity index (χ0n) is 9.81. The van der Waals surface area contributed by atoms with E-state index in [1.165, 1.54) is 28.9 Å². The minimum Gasteiger partial charge on any atom is -0.476 e. The number of imidazole rings is 1. The summed E-state index contributed by atoms with van der Waals surface area (Å²) in [6.45, 7) is -0.325. The van der Waals surface area contributed by atoms with E-state index in [4.69, 9.17) is 5.11 Å². The van der Waals surface area contributed by atoms with Crippen molar-refractivity contribution >= 4 is 17.5 Å². The molecular weight excluding hydrogens is 279 g/mol. The van der Waals surface area contributed by atoms with Gasteiger partial charge in [-0.15, -0.1) is 0 Å². The second kappa shape index (κ2) is 4.83. The van der Waals surface area contributed by atoms with Crippen molar-refractivity contribution in [1.82, 2.24) is 14.7 Å². The number of nitrogens with zero attached hydrogens (tertiary/aromatic N) is 2. The topological polar surface area (TPSA) is 83.7 Å². The molecule has 9 heteroatoms. The average molecular weight is 287 g/mol. The molecule has 2 aromatic heterocycles. The molecule has 0 atom stereocenters. The standard InChI is InChI=1S/C11H8F3N3O3/c12-11(13,14)10(20)15-3-6-1-2-8-16-7(9(18)19)5-17(8)4-6/h1-2,4-5H,3H2,(H,15,20)(H,18,19). The summed E-state index contributed by atoms with van der Waals surface area (Å²) in [5.74, 6) is -3.24. The smallest absolute Gasteiger partial charge is 0.471 e. The number of nitrogens with one attached hydrogen (secondary N) is 1. The highest BCUT2D eigenvalue weighted by atomic mass is 19.4. The Bertz CT molecular complexity index is 678. The lowest BCUT2D eigenvalue weighted by Crippen LogP contribution is -2.36. The number of amides is 1. The normalized spacial score (nSPS) is 11.6. The number of carboxylic acids is 1. The summed E-state index contributed by atoms with van der Waals surface area (Å²) in [5, 5.41) is 10.5. The van der Waals surface area contributed by atoms with E-state index >= 15 is 0 Å². The molecule has 0 aromatic carbocycles. The Morgan fingerprint density at radius 1 is 1.30 bits per heavy atom. The van der Waals surface area contributed by atoms with E-state index in [9.17, 15) is 22.8 Å². The molecule has 2 aromatic rings. The Morgan fingerprint density at radius 3 is 2.60 bits per heavy atom. The number of pyridine rings is 1. The highest BCUT2D eigenvalue weighted by molar-refractivity contribution is 5.86. The van der Waals surface area contributed by atoms with Crippen LogP contribution in [0.2, 0.25) is 0 Å². The van der Waals surface area contributed by atoms with Crippen molar-refractivity contribution in [3.8, 4) is 0 Å². The van der Waals surface area contributed by atoms with E-state index in [0.29, 0.717) is 11.2 Å². The van der Waals surface area contributed by atoms with E-state index < -0.39 is 18.1 Å². The number of aromatic nitrogens is 2. The Hall–Kier alpha value is -2.58. The number of alkyl halides is 3. The van der Waals surface area contributed by atoms with Crippen molar-refractivity contribution in [1.29, 1.82) is 0 Å². The van der Waals surface area contributed by atoms with Crippen molar-refractivity contribution < 1.29 is 27.9 Å². The zero-order chi connectivity index (χ0) is 14.9. The van der Waals surface area contributed by atoms with Crippen molar-refractivity contribution in [3.05, 3.63) is 35.8 Å². The van der Waals surface area contributed by atoms with Gasteiger partial charge in [-0.1, -0.05) is 6.07 Å². The lowest BCUT2D eigenvalue weighted by molar-refractivity contribution is -0.173. The number of hydrogen-bond donors (Lipinski definition) is 2. The van der Waals surface area contributed by atoms with Crippen molar-refractivity contribution in [3.63, 3.8) is 0 Å². The lowest BCUT2D eigenvalue weighted by Gasteiger charge is -2.08. The molecule has 0 aliphatic heterocycles. The Labute approximate surface area is 109 Å². The second-order valence-electron chi connectivity index (χ2n) is 3.91. The molecule has 0 saturated heterocycles. The Morgan fingerprint density at radius 2 is 2.00 bits per heavy atom. The number of halogens is 3. The minimum absolute atomic E-state index is 0.179. The van der Waals surface area contributed by atoms with Crippen molar-refractivity contribution in [2.75, 3.05) is 0 Å². The number of carbonyl (C=O) groups is 2. The van der Waals surface area contributed by atoms with Crippen molar-refractivity contribution in [2.45, 2.75) is 12.7 Å². The third kappa shape index (κ3) is 2.87. The summed E-state index contributed by atoms with van der Waals surface area (Å²) >= 11 is 0. The summed E-state index contributed by atoms with van der Waals surface area (Å²) in [6, 6.07) is 2.89. The fourth-order valence-electron chi connectivity index (χ4n) is 1.53. The van der Waals surface area contributed by atoms with E-state index in [0.717, 1.165) is 0 Å². The maximum Gasteiger partial charge on any atom is 0.471 e. The highest BCUT2D eigenvalue weighted by Crippen LogP contribution is 2.14. The number of aromatic carboxylic acids is 1. The van der Waals surface area contributed by atoms with E-state index in [2.05, 4.69) is 4.98 Å². The molecule has 2 heterocycles. The first-order valence-corrected chi connectivity index (χ1v) is 5.33. The number of hydrogen-bond acceptors (Lipinski definition) is 3. The zero-order valence-corrected chi connectivity index (χ0v) is 9.81.